The van der Waals surface area contributed by atoms with Gasteiger partial charge in [0.15, 0.2) is 6.29 Å². The molecule has 0 saturated carbocycles. The highest BCUT2D eigenvalue weighted by Gasteiger charge is 2.11. The van der Waals surface area contributed by atoms with Crippen molar-refractivity contribution in [3.63, 3.8) is 0 Å². The summed E-state index contributed by atoms with van der Waals surface area (Å²) < 4.78 is 4.87. The molecule has 0 saturated heterocycles. The van der Waals surface area contributed by atoms with E-state index in [-0.39, 0.29) is 12.1 Å². The predicted molar refractivity (Wildman–Crippen MR) is 86.2 cm³/mol. The fourth-order valence-electron chi connectivity index (χ4n) is 2.05. The van der Waals surface area contributed by atoms with Gasteiger partial charge in [0.2, 0.25) is 0 Å². The summed E-state index contributed by atoms with van der Waals surface area (Å²) in [4.78, 5) is 36.8. The van der Waals surface area contributed by atoms with Gasteiger partial charge in [-0.15, -0.1) is 0 Å². The molecule has 1 atom stereocenters. The Morgan fingerprint density at radius 1 is 1.33 bits per heavy atom. The second-order valence-electron chi connectivity index (χ2n) is 4.86. The van der Waals surface area contributed by atoms with Crippen molar-refractivity contribution >= 4 is 28.6 Å². The molecule has 1 aromatic carbocycles. The number of rotatable bonds is 6. The molecule has 2 aromatic rings. The monoisotopic (exact) mass is 335 g/mol. The lowest BCUT2D eigenvalue weighted by molar-refractivity contribution is -0.0895. The number of fused-ring (bicyclic) bond motifs is 1. The Bertz CT molecular complexity index is 816. The molecule has 2 amide bonds. The highest BCUT2D eigenvalue weighted by Crippen LogP contribution is 2.17. The number of carbonyl (C=O) groups is 2. The number of H-pyrrole nitrogens is 1. The van der Waals surface area contributed by atoms with Crippen LogP contribution in [0.5, 0.6) is 0 Å². The van der Waals surface area contributed by atoms with Gasteiger partial charge >= 0.3 is 12.0 Å². The lowest BCUT2D eigenvalue weighted by atomic mass is 10.1. The van der Waals surface area contributed by atoms with E-state index in [2.05, 4.69) is 15.6 Å². The number of aromatic nitrogens is 1. The van der Waals surface area contributed by atoms with Crippen LogP contribution >= 0.6 is 0 Å². The van der Waals surface area contributed by atoms with Crippen molar-refractivity contribution in [1.29, 1.82) is 0 Å². The normalized spacial score (nSPS) is 11.9. The molecule has 0 aliphatic rings. The van der Waals surface area contributed by atoms with E-state index in [0.29, 0.717) is 23.2 Å². The number of ether oxygens (including phenoxy) is 1. The van der Waals surface area contributed by atoms with E-state index in [0.717, 1.165) is 0 Å². The van der Waals surface area contributed by atoms with Crippen molar-refractivity contribution in [3.05, 3.63) is 40.2 Å². The first kappa shape index (κ1) is 17.4. The molecule has 1 unspecified atom stereocenters. The van der Waals surface area contributed by atoms with Gasteiger partial charge in [0.1, 0.15) is 5.56 Å². The molecule has 24 heavy (non-hydrogen) atoms. The Kier molecular flexibility index (Phi) is 5.51. The second-order valence-corrected chi connectivity index (χ2v) is 4.86. The van der Waals surface area contributed by atoms with Gasteiger partial charge in [-0.05, 0) is 31.2 Å². The Morgan fingerprint density at radius 3 is 2.75 bits per heavy atom. The standard InChI is InChI=1S/C15H17N3O6/c1-2-24-12(19)7-16-15(23)17-9-3-4-11-8(5-9)6-10(14(21)22)13(20)18-11/h3-6,12,19H,2,7H2,1H3,(H,18,20)(H,21,22)(H2,16,17,23). The number of carboxylic acid groups (broad SMARTS) is 1. The van der Waals surface area contributed by atoms with E-state index < -0.39 is 23.8 Å². The van der Waals surface area contributed by atoms with Gasteiger partial charge in [-0.25, -0.2) is 9.59 Å². The van der Waals surface area contributed by atoms with Crippen LogP contribution in [0.1, 0.15) is 17.3 Å². The zero-order chi connectivity index (χ0) is 17.7. The number of aromatic amines is 1. The minimum absolute atomic E-state index is 0.0796. The zero-order valence-electron chi connectivity index (χ0n) is 12.8. The lowest BCUT2D eigenvalue weighted by Crippen LogP contribution is -2.36. The van der Waals surface area contributed by atoms with Crippen LogP contribution < -0.4 is 16.2 Å². The Morgan fingerprint density at radius 2 is 2.08 bits per heavy atom. The number of amides is 2. The minimum Gasteiger partial charge on any atom is -0.477 e. The molecular weight excluding hydrogens is 318 g/mol. The van der Waals surface area contributed by atoms with Crippen LogP contribution in [0.25, 0.3) is 10.9 Å². The molecule has 0 fully saturated rings. The summed E-state index contributed by atoms with van der Waals surface area (Å²) in [7, 11) is 0. The Hall–Kier alpha value is -2.91. The van der Waals surface area contributed by atoms with Gasteiger partial charge in [0.25, 0.3) is 5.56 Å². The van der Waals surface area contributed by atoms with Crippen molar-refractivity contribution < 1.29 is 24.5 Å². The third-order valence-corrected chi connectivity index (χ3v) is 3.13. The average Bonchev–Trinajstić information content (AvgIpc) is 2.52. The summed E-state index contributed by atoms with van der Waals surface area (Å²) >= 11 is 0. The number of anilines is 1. The summed E-state index contributed by atoms with van der Waals surface area (Å²) in [6.07, 6.45) is -1.10. The predicted octanol–water partition coefficient (Wildman–Crippen LogP) is 0.703. The van der Waals surface area contributed by atoms with Gasteiger partial charge in [-0.2, -0.15) is 0 Å². The van der Waals surface area contributed by atoms with E-state index >= 15 is 0 Å². The quantitative estimate of drug-likeness (QED) is 0.492. The van der Waals surface area contributed by atoms with E-state index in [9.17, 15) is 19.5 Å². The van der Waals surface area contributed by atoms with Crippen LogP contribution in [-0.4, -0.2) is 46.6 Å². The van der Waals surface area contributed by atoms with Crippen LogP contribution in [0.4, 0.5) is 10.5 Å². The molecule has 2 rings (SSSR count). The van der Waals surface area contributed by atoms with E-state index in [4.69, 9.17) is 9.84 Å². The fourth-order valence-corrected chi connectivity index (χ4v) is 2.05. The van der Waals surface area contributed by atoms with Crippen LogP contribution in [0.15, 0.2) is 29.1 Å². The molecule has 0 bridgehead atoms. The SMILES string of the molecule is CCOC(O)CNC(=O)Nc1ccc2[nH]c(=O)c(C(=O)O)cc2c1. The number of aliphatic hydroxyl groups is 1. The van der Waals surface area contributed by atoms with Gasteiger partial charge in [0, 0.05) is 23.2 Å². The third-order valence-electron chi connectivity index (χ3n) is 3.13. The van der Waals surface area contributed by atoms with Crippen molar-refractivity contribution in [2.24, 2.45) is 0 Å². The van der Waals surface area contributed by atoms with Crippen LogP contribution in [-0.2, 0) is 4.74 Å². The maximum Gasteiger partial charge on any atom is 0.341 e. The molecular formula is C15H17N3O6. The van der Waals surface area contributed by atoms with Crippen molar-refractivity contribution in [2.75, 3.05) is 18.5 Å². The first-order valence-corrected chi connectivity index (χ1v) is 7.15. The number of hydrogen-bond donors (Lipinski definition) is 5. The summed E-state index contributed by atoms with van der Waals surface area (Å²) in [5.74, 6) is -1.33. The smallest absolute Gasteiger partial charge is 0.341 e. The molecule has 9 heteroatoms. The van der Waals surface area contributed by atoms with E-state index in [1.807, 2.05) is 0 Å². The Balaban J connectivity index is 2.12. The topological polar surface area (TPSA) is 141 Å². The molecule has 0 radical (unpaired) electrons. The third kappa shape index (κ3) is 4.31. The number of benzene rings is 1. The second kappa shape index (κ2) is 7.57. The van der Waals surface area contributed by atoms with E-state index in [1.165, 1.54) is 12.1 Å². The number of hydrogen-bond acceptors (Lipinski definition) is 5. The summed E-state index contributed by atoms with van der Waals surface area (Å²) in [5, 5.41) is 23.8. The molecule has 9 nitrogen and oxygen atoms in total. The first-order valence-electron chi connectivity index (χ1n) is 7.15. The maximum atomic E-state index is 11.7. The van der Waals surface area contributed by atoms with Gasteiger partial charge in [-0.3, -0.25) is 4.79 Å². The van der Waals surface area contributed by atoms with Gasteiger partial charge in [-0.1, -0.05) is 0 Å². The number of aromatic carboxylic acids is 1. The van der Waals surface area contributed by atoms with Crippen molar-refractivity contribution in [3.8, 4) is 0 Å². The van der Waals surface area contributed by atoms with Crippen molar-refractivity contribution in [2.45, 2.75) is 13.2 Å². The lowest BCUT2D eigenvalue weighted by Gasteiger charge is -2.12. The number of aliphatic hydroxyl groups excluding tert-OH is 1. The van der Waals surface area contributed by atoms with Gasteiger partial charge < -0.3 is 30.6 Å². The number of nitrogens with one attached hydrogen (secondary N) is 3. The van der Waals surface area contributed by atoms with Crippen LogP contribution in [0.2, 0.25) is 0 Å². The molecule has 128 valence electrons. The summed E-state index contributed by atoms with van der Waals surface area (Å²) in [6.45, 7) is 1.96. The molecule has 1 heterocycles. The van der Waals surface area contributed by atoms with Crippen molar-refractivity contribution in [1.82, 2.24) is 10.3 Å². The first-order chi connectivity index (χ1) is 11.4. The van der Waals surface area contributed by atoms with Crippen LogP contribution in [0, 0.1) is 0 Å². The molecule has 0 spiro atoms. The Labute approximate surface area is 136 Å². The maximum absolute atomic E-state index is 11.7. The molecule has 1 aromatic heterocycles. The summed E-state index contributed by atoms with van der Waals surface area (Å²) in [5.41, 5.74) is -0.237. The van der Waals surface area contributed by atoms with Crippen LogP contribution in [0.3, 0.4) is 0 Å². The molecule has 5 N–H and O–H groups in total. The highest BCUT2D eigenvalue weighted by molar-refractivity contribution is 5.95. The minimum atomic E-state index is -1.33. The van der Waals surface area contributed by atoms with Gasteiger partial charge in [0.05, 0.1) is 6.54 Å². The number of urea groups is 1. The number of carbonyl (C=O) groups excluding carboxylic acids is 1. The molecule has 0 aliphatic carbocycles. The number of pyridine rings is 1. The largest absolute Gasteiger partial charge is 0.477 e. The highest BCUT2D eigenvalue weighted by atomic mass is 16.6. The number of carboxylic acids is 1. The summed E-state index contributed by atoms with van der Waals surface area (Å²) in [6, 6.07) is 5.30. The van der Waals surface area contributed by atoms with E-state index in [1.54, 1.807) is 19.1 Å². The average molecular weight is 335 g/mol. The zero-order valence-corrected chi connectivity index (χ0v) is 12.8. The molecule has 0 aliphatic heterocycles. The fraction of sp³-hybridized carbons (Fsp3) is 0.267.